The van der Waals surface area contributed by atoms with E-state index in [0.29, 0.717) is 17.4 Å². The van der Waals surface area contributed by atoms with Crippen molar-refractivity contribution in [2.75, 3.05) is 40.9 Å². The Hall–Kier alpha value is -3.07. The lowest BCUT2D eigenvalue weighted by atomic mass is 10.0. The van der Waals surface area contributed by atoms with Crippen molar-refractivity contribution < 1.29 is 37.3 Å². The summed E-state index contributed by atoms with van der Waals surface area (Å²) in [7, 11) is 1.14. The zero-order valence-electron chi connectivity index (χ0n) is 54.9. The van der Waals surface area contributed by atoms with Gasteiger partial charge in [0.25, 0.3) is 7.82 Å². The molecule has 0 aromatic rings. The van der Waals surface area contributed by atoms with Gasteiger partial charge in [-0.05, 0) is 96.0 Å². The number of unbranched alkanes of at least 4 members (excludes halogenated alkanes) is 32. The van der Waals surface area contributed by atoms with Gasteiger partial charge in [-0.25, -0.2) is 0 Å². The number of carbonyl (C=O) groups excluding carboxylic acids is 2. The van der Waals surface area contributed by atoms with E-state index in [1.54, 1.807) is 0 Å². The number of hydrogen-bond acceptors (Lipinski definition) is 7. The average Bonchev–Trinajstić information content (AvgIpc) is 3.52. The minimum atomic E-state index is -4.73. The van der Waals surface area contributed by atoms with Crippen molar-refractivity contribution in [2.24, 2.45) is 0 Å². The molecule has 0 rings (SSSR count). The number of quaternary nitrogens is 1. The van der Waals surface area contributed by atoms with Crippen LogP contribution in [0.15, 0.2) is 97.2 Å². The number of nitrogens with zero attached hydrogens (tertiary/aromatic N) is 1. The van der Waals surface area contributed by atoms with Crippen LogP contribution in [0.1, 0.15) is 303 Å². The molecule has 0 saturated carbocycles. The number of hydrogen-bond donors (Lipinski definition) is 1. The first-order valence-electron chi connectivity index (χ1n) is 34.5. The van der Waals surface area contributed by atoms with Crippen molar-refractivity contribution in [3.8, 4) is 0 Å². The monoisotopic (exact) mass is 1180 g/mol. The van der Waals surface area contributed by atoms with Crippen molar-refractivity contribution in [3.05, 3.63) is 97.2 Å². The van der Waals surface area contributed by atoms with E-state index in [-0.39, 0.29) is 31.3 Å². The fourth-order valence-corrected chi connectivity index (χ4v) is 10.4. The highest BCUT2D eigenvalue weighted by molar-refractivity contribution is 7.45. The lowest BCUT2D eigenvalue weighted by Gasteiger charge is -2.30. The normalized spacial score (nSPS) is 14.2. The first-order chi connectivity index (χ1) is 40.4. The van der Waals surface area contributed by atoms with Gasteiger partial charge in [0.1, 0.15) is 19.3 Å². The van der Waals surface area contributed by atoms with Gasteiger partial charge in [0, 0.05) is 12.8 Å². The van der Waals surface area contributed by atoms with Crippen molar-refractivity contribution in [1.82, 2.24) is 5.32 Å². The molecule has 480 valence electrons. The number of carbonyl (C=O) groups is 2. The Morgan fingerprint density at radius 3 is 1.18 bits per heavy atom. The summed E-state index contributed by atoms with van der Waals surface area (Å²) in [6, 6.07) is -0.933. The second-order valence-corrected chi connectivity index (χ2v) is 25.7. The molecule has 0 fully saturated rings. The summed E-state index contributed by atoms with van der Waals surface area (Å²) >= 11 is 0. The predicted molar refractivity (Wildman–Crippen MR) is 358 cm³/mol. The first kappa shape index (κ1) is 79.9. The van der Waals surface area contributed by atoms with Crippen LogP contribution < -0.4 is 10.2 Å². The van der Waals surface area contributed by atoms with Gasteiger partial charge >= 0.3 is 5.97 Å². The van der Waals surface area contributed by atoms with Crippen molar-refractivity contribution in [1.29, 1.82) is 0 Å². The van der Waals surface area contributed by atoms with Gasteiger partial charge in [0.15, 0.2) is 0 Å². The van der Waals surface area contributed by atoms with Crippen LogP contribution in [0.4, 0.5) is 0 Å². The summed E-state index contributed by atoms with van der Waals surface area (Å²) < 4.78 is 30.3. The van der Waals surface area contributed by atoms with Gasteiger partial charge in [-0.1, -0.05) is 292 Å². The molecule has 0 aromatic heterocycles. The summed E-state index contributed by atoms with van der Waals surface area (Å²) in [6.07, 6.45) is 84.2. The molecule has 1 amide bonds. The number of amides is 1. The van der Waals surface area contributed by atoms with Crippen LogP contribution in [-0.2, 0) is 27.9 Å². The second-order valence-electron chi connectivity index (χ2n) is 24.3. The molecule has 83 heavy (non-hydrogen) atoms. The number of ether oxygens (including phenoxy) is 1. The summed E-state index contributed by atoms with van der Waals surface area (Å²) in [5, 5.41) is 2.98. The van der Waals surface area contributed by atoms with E-state index in [1.165, 1.54) is 186 Å². The Balaban J connectivity index is 5.08. The van der Waals surface area contributed by atoms with Crippen molar-refractivity contribution in [2.45, 2.75) is 315 Å². The van der Waals surface area contributed by atoms with Gasteiger partial charge in [-0.2, -0.15) is 0 Å². The fraction of sp³-hybridized carbons (Fsp3) is 0.753. The number of rotatable bonds is 62. The maximum atomic E-state index is 13.5. The second kappa shape index (κ2) is 62.0. The van der Waals surface area contributed by atoms with Gasteiger partial charge in [-0.3, -0.25) is 14.2 Å². The van der Waals surface area contributed by atoms with Crippen LogP contribution in [0.5, 0.6) is 0 Å². The number of esters is 1. The maximum Gasteiger partial charge on any atom is 0.306 e. The van der Waals surface area contributed by atoms with Crippen LogP contribution in [-0.4, -0.2) is 69.4 Å². The molecular weight excluding hydrogens is 1050 g/mol. The molecule has 9 nitrogen and oxygen atoms in total. The average molecular weight is 1180 g/mol. The Kier molecular flexibility index (Phi) is 59.7. The molecular formula is C73H131N2O7P. The Morgan fingerprint density at radius 2 is 0.783 bits per heavy atom. The van der Waals surface area contributed by atoms with Crippen molar-refractivity contribution in [3.63, 3.8) is 0 Å². The van der Waals surface area contributed by atoms with E-state index in [0.717, 1.165) is 77.0 Å². The smallest absolute Gasteiger partial charge is 0.306 e. The molecule has 10 heteroatoms. The Labute approximate surface area is 513 Å². The molecule has 0 saturated heterocycles. The maximum absolute atomic E-state index is 13.5. The summed E-state index contributed by atoms with van der Waals surface area (Å²) in [4.78, 5) is 40.0. The van der Waals surface area contributed by atoms with Gasteiger partial charge in [0.2, 0.25) is 5.91 Å². The molecule has 0 radical (unpaired) electrons. The fourth-order valence-electron chi connectivity index (χ4n) is 9.72. The van der Waals surface area contributed by atoms with Gasteiger partial charge < -0.3 is 28.5 Å². The molecule has 0 spiro atoms. The lowest BCUT2D eigenvalue weighted by molar-refractivity contribution is -0.870. The molecule has 0 aliphatic rings. The topological polar surface area (TPSA) is 114 Å². The minimum absolute atomic E-state index is 0.0389. The quantitative estimate of drug-likeness (QED) is 0.0212. The largest absolute Gasteiger partial charge is 0.756 e. The lowest BCUT2D eigenvalue weighted by Crippen LogP contribution is -2.47. The number of phosphoric ester groups is 1. The highest BCUT2D eigenvalue weighted by Gasteiger charge is 2.27. The van der Waals surface area contributed by atoms with Crippen LogP contribution in [0.25, 0.3) is 0 Å². The number of nitrogens with one attached hydrogen (secondary N) is 1. The number of phosphoric acid groups is 1. The van der Waals surface area contributed by atoms with E-state index in [9.17, 15) is 19.0 Å². The third kappa shape index (κ3) is 63.3. The SMILES string of the molecule is CC/C=C\C/C=C\C/C=C\C/C=C\C/C=C\C/C=C\CCC(=O)NC(COP(=O)([O-])OCC[N+](C)(C)C)C(/C=C\CCCCCCCCCCC)OC(=O)CCCCCCCCCCCCCCCCCCC/C=C/CCCCCCCC. The highest BCUT2D eigenvalue weighted by atomic mass is 31.2. The molecule has 3 atom stereocenters. The Bertz CT molecular complexity index is 1740. The van der Waals surface area contributed by atoms with E-state index in [1.807, 2.05) is 45.4 Å². The van der Waals surface area contributed by atoms with Gasteiger partial charge in [0.05, 0.1) is 33.8 Å². The molecule has 0 aromatic carbocycles. The molecule has 1 N–H and O–H groups in total. The number of allylic oxidation sites excluding steroid dienone is 15. The first-order valence-corrected chi connectivity index (χ1v) is 36.0. The molecule has 3 unspecified atom stereocenters. The minimum Gasteiger partial charge on any atom is -0.756 e. The van der Waals surface area contributed by atoms with E-state index in [2.05, 4.69) is 99.0 Å². The van der Waals surface area contributed by atoms with Crippen LogP contribution in [0, 0.1) is 0 Å². The zero-order chi connectivity index (χ0) is 60.7. The van der Waals surface area contributed by atoms with E-state index in [4.69, 9.17) is 13.8 Å². The molecule has 0 aliphatic heterocycles. The third-order valence-corrected chi connectivity index (χ3v) is 16.0. The summed E-state index contributed by atoms with van der Waals surface area (Å²) in [6.45, 7) is 6.68. The third-order valence-electron chi connectivity index (χ3n) is 15.0. The highest BCUT2D eigenvalue weighted by Crippen LogP contribution is 2.38. The standard InChI is InChI=1S/C73H131N2O7P/c1-7-10-13-16-19-22-25-27-29-31-33-34-35-36-37-38-39-40-42-44-46-48-51-54-57-60-63-66-73(77)82-71(64-61-58-55-52-49-24-21-18-15-12-9-3)70(69-81-83(78,79)80-68-67-75(4,5)6)74-72(76)65-62-59-56-53-50-47-45-43-41-32-30-28-26-23-20-17-14-11-8-2/h11,14,20,23,27-30,41,43,47,50,56,59,61,64,70-71H,7-10,12-13,15-19,21-22,24-26,31-40,42,44-46,48-49,51-55,57-58,60,62-63,65-69H2,1-6H3,(H-,74,76,78,79)/b14-11-,23-20-,29-27+,30-28-,43-41-,50-47-,59-56-,64-61-. The predicted octanol–water partition coefficient (Wildman–Crippen LogP) is 21.3. The Morgan fingerprint density at radius 1 is 0.434 bits per heavy atom. The molecule has 0 heterocycles. The summed E-state index contributed by atoms with van der Waals surface area (Å²) in [5.74, 6) is -0.635. The van der Waals surface area contributed by atoms with E-state index >= 15 is 0 Å². The molecule has 0 bridgehead atoms. The number of likely N-dealkylation sites (N-methyl/N-ethyl adjacent to an activating group) is 1. The van der Waals surface area contributed by atoms with Crippen LogP contribution >= 0.6 is 7.82 Å². The zero-order valence-corrected chi connectivity index (χ0v) is 55.8. The van der Waals surface area contributed by atoms with Crippen LogP contribution in [0.3, 0.4) is 0 Å². The summed E-state index contributed by atoms with van der Waals surface area (Å²) in [5.41, 5.74) is 0. The van der Waals surface area contributed by atoms with E-state index < -0.39 is 26.6 Å². The van der Waals surface area contributed by atoms with Crippen LogP contribution in [0.2, 0.25) is 0 Å². The molecule has 0 aliphatic carbocycles. The van der Waals surface area contributed by atoms with Gasteiger partial charge in [-0.15, -0.1) is 0 Å². The van der Waals surface area contributed by atoms with Crippen molar-refractivity contribution >= 4 is 19.7 Å².